The molecule has 3 rings (SSSR count). The number of amides is 1. The summed E-state index contributed by atoms with van der Waals surface area (Å²) >= 11 is 0. The minimum Gasteiger partial charge on any atom is -0.507 e. The van der Waals surface area contributed by atoms with Crippen molar-refractivity contribution < 1.29 is 33.6 Å². The molecule has 0 aliphatic carbocycles. The number of Topliss-reactive ketones (excluding diaryl/α,β-unsaturated/α-hetero) is 1. The van der Waals surface area contributed by atoms with Gasteiger partial charge < -0.3 is 33.9 Å². The fourth-order valence-electron chi connectivity index (χ4n) is 4.22. The fourth-order valence-corrected chi connectivity index (χ4v) is 4.22. The predicted octanol–water partition coefficient (Wildman–Crippen LogP) is 3.87. The zero-order valence-corrected chi connectivity index (χ0v) is 22.4. The first-order valence-electron chi connectivity index (χ1n) is 12.2. The molecule has 0 radical (unpaired) electrons. The van der Waals surface area contributed by atoms with Crippen molar-refractivity contribution in [3.8, 4) is 23.0 Å². The summed E-state index contributed by atoms with van der Waals surface area (Å²) in [5.41, 5.74) is 0.956. The maximum absolute atomic E-state index is 13.3. The Morgan fingerprint density at radius 3 is 2.14 bits per heavy atom. The van der Waals surface area contributed by atoms with Gasteiger partial charge in [0.1, 0.15) is 11.5 Å². The van der Waals surface area contributed by atoms with Gasteiger partial charge in [0.25, 0.3) is 11.7 Å². The average molecular weight is 513 g/mol. The number of ketones is 1. The van der Waals surface area contributed by atoms with Crippen LogP contribution < -0.4 is 18.9 Å². The van der Waals surface area contributed by atoms with Crippen molar-refractivity contribution in [2.24, 2.45) is 0 Å². The number of hydrogen-bond donors (Lipinski definition) is 1. The Morgan fingerprint density at radius 1 is 1.00 bits per heavy atom. The highest BCUT2D eigenvalue weighted by Gasteiger charge is 2.46. The second-order valence-corrected chi connectivity index (χ2v) is 8.98. The van der Waals surface area contributed by atoms with Crippen molar-refractivity contribution in [3.63, 3.8) is 0 Å². The first-order valence-corrected chi connectivity index (χ1v) is 12.2. The zero-order chi connectivity index (χ0) is 27.1. The Hall–Kier alpha value is -3.72. The molecule has 1 aliphatic rings. The number of rotatable bonds is 12. The van der Waals surface area contributed by atoms with E-state index in [4.69, 9.17) is 18.9 Å². The van der Waals surface area contributed by atoms with E-state index in [2.05, 4.69) is 6.92 Å². The molecule has 9 nitrogen and oxygen atoms in total. The first-order chi connectivity index (χ1) is 17.8. The van der Waals surface area contributed by atoms with Gasteiger partial charge in [-0.05, 0) is 62.5 Å². The normalized spacial score (nSPS) is 16.8. The number of unbranched alkanes of at least 4 members (excludes halogenated alkanes) is 1. The van der Waals surface area contributed by atoms with Crippen molar-refractivity contribution in [3.05, 3.63) is 53.1 Å². The molecule has 9 heteroatoms. The van der Waals surface area contributed by atoms with Crippen LogP contribution in [0, 0.1) is 0 Å². The van der Waals surface area contributed by atoms with Crippen LogP contribution in [0.5, 0.6) is 23.0 Å². The Morgan fingerprint density at radius 2 is 1.62 bits per heavy atom. The van der Waals surface area contributed by atoms with Crippen LogP contribution in [0.15, 0.2) is 42.0 Å². The molecule has 1 saturated heterocycles. The Labute approximate surface area is 218 Å². The minimum atomic E-state index is -0.853. The van der Waals surface area contributed by atoms with Gasteiger partial charge in [-0.25, -0.2) is 0 Å². The van der Waals surface area contributed by atoms with Crippen molar-refractivity contribution in [2.45, 2.75) is 25.8 Å². The van der Waals surface area contributed by atoms with E-state index in [0.29, 0.717) is 47.3 Å². The first kappa shape index (κ1) is 27.9. The number of likely N-dealkylation sites (tertiary alicyclic amines) is 1. The number of aliphatic hydroxyl groups is 1. The monoisotopic (exact) mass is 512 g/mol. The molecule has 0 bridgehead atoms. The standard InChI is InChI=1S/C28H36N2O7/c1-7-8-15-37-20-11-9-18(10-12-20)25(31)23-24(30(14-13-29(2)3)28(33)26(23)32)19-16-21(34-4)27(36-6)22(17-19)35-5/h9-12,16-17,24,31H,7-8,13-15H2,1-6H3/b25-23+. The number of likely N-dealkylation sites (N-methyl/N-ethyl adjacent to an activating group) is 1. The van der Waals surface area contributed by atoms with E-state index >= 15 is 0 Å². The Balaban J connectivity index is 2.13. The molecular formula is C28H36N2O7. The van der Waals surface area contributed by atoms with Crippen LogP contribution in [0.1, 0.15) is 36.9 Å². The van der Waals surface area contributed by atoms with E-state index in [9.17, 15) is 14.7 Å². The molecule has 0 saturated carbocycles. The van der Waals surface area contributed by atoms with Gasteiger partial charge in [0.2, 0.25) is 5.75 Å². The molecular weight excluding hydrogens is 476 g/mol. The topological polar surface area (TPSA) is 97.8 Å². The van der Waals surface area contributed by atoms with Gasteiger partial charge in [-0.1, -0.05) is 13.3 Å². The number of carbonyl (C=O) groups is 2. The summed E-state index contributed by atoms with van der Waals surface area (Å²) in [7, 11) is 8.26. The molecule has 1 heterocycles. The summed E-state index contributed by atoms with van der Waals surface area (Å²) in [5, 5.41) is 11.3. The second-order valence-electron chi connectivity index (χ2n) is 8.98. The van der Waals surface area contributed by atoms with Crippen LogP contribution in [-0.2, 0) is 9.59 Å². The quantitative estimate of drug-likeness (QED) is 0.198. The fraction of sp³-hybridized carbons (Fsp3) is 0.429. The molecule has 1 fully saturated rings. The van der Waals surface area contributed by atoms with Gasteiger partial charge >= 0.3 is 0 Å². The lowest BCUT2D eigenvalue weighted by atomic mass is 9.94. The number of aliphatic hydroxyl groups excluding tert-OH is 1. The third-order valence-electron chi connectivity index (χ3n) is 6.23. The SMILES string of the molecule is CCCCOc1ccc(/C(O)=C2\C(=O)C(=O)N(CCN(C)C)C2c2cc(OC)c(OC)c(OC)c2)cc1. The number of nitrogens with zero attached hydrogens (tertiary/aromatic N) is 2. The molecule has 2 aromatic carbocycles. The van der Waals surface area contributed by atoms with Gasteiger partial charge in [-0.2, -0.15) is 0 Å². The predicted molar refractivity (Wildman–Crippen MR) is 141 cm³/mol. The third kappa shape index (κ3) is 5.99. The van der Waals surface area contributed by atoms with Crippen LogP contribution in [0.4, 0.5) is 0 Å². The largest absolute Gasteiger partial charge is 0.507 e. The van der Waals surface area contributed by atoms with Gasteiger partial charge in [-0.15, -0.1) is 0 Å². The maximum atomic E-state index is 13.3. The lowest BCUT2D eigenvalue weighted by Crippen LogP contribution is -2.35. The lowest BCUT2D eigenvalue weighted by Gasteiger charge is -2.27. The van der Waals surface area contributed by atoms with Crippen LogP contribution in [-0.4, -0.2) is 81.7 Å². The molecule has 1 N–H and O–H groups in total. The van der Waals surface area contributed by atoms with E-state index in [1.54, 1.807) is 36.4 Å². The van der Waals surface area contributed by atoms with E-state index in [0.717, 1.165) is 12.8 Å². The van der Waals surface area contributed by atoms with Crippen molar-refractivity contribution in [1.29, 1.82) is 0 Å². The molecule has 200 valence electrons. The summed E-state index contributed by atoms with van der Waals surface area (Å²) in [5.74, 6) is 0.118. The highest BCUT2D eigenvalue weighted by molar-refractivity contribution is 6.46. The molecule has 1 atom stereocenters. The minimum absolute atomic E-state index is 0.00215. The summed E-state index contributed by atoms with van der Waals surface area (Å²) in [6, 6.07) is 9.36. The van der Waals surface area contributed by atoms with Crippen molar-refractivity contribution in [2.75, 3.05) is 55.1 Å². The number of carbonyl (C=O) groups excluding carboxylic acids is 2. The van der Waals surface area contributed by atoms with Gasteiger partial charge in [0.15, 0.2) is 11.5 Å². The Bertz CT molecular complexity index is 1120. The molecule has 0 aromatic heterocycles. The van der Waals surface area contributed by atoms with E-state index in [-0.39, 0.29) is 17.9 Å². The average Bonchev–Trinajstić information content (AvgIpc) is 3.16. The van der Waals surface area contributed by atoms with Gasteiger partial charge in [0.05, 0.1) is 39.6 Å². The van der Waals surface area contributed by atoms with Gasteiger partial charge in [0, 0.05) is 18.7 Å². The van der Waals surface area contributed by atoms with E-state index < -0.39 is 17.7 Å². The number of methoxy groups -OCH3 is 3. The number of ether oxygens (including phenoxy) is 4. The van der Waals surface area contributed by atoms with Crippen LogP contribution in [0.2, 0.25) is 0 Å². The summed E-state index contributed by atoms with van der Waals surface area (Å²) in [6.07, 6.45) is 1.96. The van der Waals surface area contributed by atoms with Crippen molar-refractivity contribution >= 4 is 17.4 Å². The third-order valence-corrected chi connectivity index (χ3v) is 6.23. The lowest BCUT2D eigenvalue weighted by molar-refractivity contribution is -0.140. The van der Waals surface area contributed by atoms with E-state index in [1.807, 2.05) is 19.0 Å². The highest BCUT2D eigenvalue weighted by Crippen LogP contribution is 2.45. The molecule has 1 amide bonds. The summed E-state index contributed by atoms with van der Waals surface area (Å²) < 4.78 is 22.2. The number of hydrogen-bond acceptors (Lipinski definition) is 8. The molecule has 0 spiro atoms. The van der Waals surface area contributed by atoms with Crippen LogP contribution in [0.3, 0.4) is 0 Å². The molecule has 2 aromatic rings. The molecule has 1 aliphatic heterocycles. The van der Waals surface area contributed by atoms with E-state index in [1.165, 1.54) is 26.2 Å². The molecule has 1 unspecified atom stereocenters. The Kier molecular flexibility index (Phi) is 9.41. The summed E-state index contributed by atoms with van der Waals surface area (Å²) in [6.45, 7) is 3.49. The second kappa shape index (κ2) is 12.5. The van der Waals surface area contributed by atoms with Crippen molar-refractivity contribution in [1.82, 2.24) is 9.80 Å². The maximum Gasteiger partial charge on any atom is 0.295 e. The summed E-state index contributed by atoms with van der Waals surface area (Å²) in [4.78, 5) is 29.9. The highest BCUT2D eigenvalue weighted by atomic mass is 16.5. The smallest absolute Gasteiger partial charge is 0.295 e. The zero-order valence-electron chi connectivity index (χ0n) is 22.4. The number of benzene rings is 2. The van der Waals surface area contributed by atoms with Gasteiger partial charge in [-0.3, -0.25) is 9.59 Å². The molecule has 37 heavy (non-hydrogen) atoms. The van der Waals surface area contributed by atoms with Crippen LogP contribution >= 0.6 is 0 Å². The van der Waals surface area contributed by atoms with Crippen LogP contribution in [0.25, 0.3) is 5.76 Å².